The highest BCUT2D eigenvalue weighted by Gasteiger charge is 2.28. The number of aromatic nitrogens is 1. The lowest BCUT2D eigenvalue weighted by atomic mass is 9.81. The number of benzene rings is 1. The Balaban J connectivity index is 1.64. The molecule has 1 fully saturated rings. The summed E-state index contributed by atoms with van der Waals surface area (Å²) in [6, 6.07) is 11.1. The van der Waals surface area contributed by atoms with Crippen LogP contribution in [0, 0.1) is 0 Å². The number of hydrogen-bond donors (Lipinski definition) is 1. The van der Waals surface area contributed by atoms with Crippen molar-refractivity contribution in [3.8, 4) is 0 Å². The predicted octanol–water partition coefficient (Wildman–Crippen LogP) is 7.13. The summed E-state index contributed by atoms with van der Waals surface area (Å²) in [6.45, 7) is 14.4. The van der Waals surface area contributed by atoms with Crippen LogP contribution in [0.1, 0.15) is 83.9 Å². The molecule has 0 spiro atoms. The van der Waals surface area contributed by atoms with Gasteiger partial charge in [0.15, 0.2) is 0 Å². The summed E-state index contributed by atoms with van der Waals surface area (Å²) < 4.78 is 0. The summed E-state index contributed by atoms with van der Waals surface area (Å²) in [6.07, 6.45) is 8.51. The van der Waals surface area contributed by atoms with Crippen molar-refractivity contribution in [1.82, 2.24) is 10.3 Å². The predicted molar refractivity (Wildman–Crippen MR) is 144 cm³/mol. The van der Waals surface area contributed by atoms with E-state index in [1.165, 1.54) is 41.7 Å². The topological polar surface area (TPSA) is 42.0 Å². The number of nitrogens with zero attached hydrogens (tertiary/aromatic N) is 1. The molecule has 1 aromatic carbocycles. The highest BCUT2D eigenvalue weighted by Crippen LogP contribution is 2.42. The van der Waals surface area contributed by atoms with Gasteiger partial charge in [0.1, 0.15) is 0 Å². The summed E-state index contributed by atoms with van der Waals surface area (Å²) in [5, 5.41) is 4.13. The third kappa shape index (κ3) is 8.06. The van der Waals surface area contributed by atoms with Crippen molar-refractivity contribution in [1.29, 1.82) is 0 Å². The molecule has 2 aromatic rings. The number of carbonyl (C=O) groups is 1. The van der Waals surface area contributed by atoms with E-state index in [1.807, 2.05) is 35.7 Å². The van der Waals surface area contributed by atoms with Gasteiger partial charge in [-0.2, -0.15) is 0 Å². The Labute approximate surface area is 209 Å². The van der Waals surface area contributed by atoms with Crippen molar-refractivity contribution in [2.24, 2.45) is 0 Å². The van der Waals surface area contributed by atoms with Gasteiger partial charge < -0.3 is 5.32 Å². The van der Waals surface area contributed by atoms with Gasteiger partial charge in [-0.15, -0.1) is 23.5 Å². The van der Waals surface area contributed by atoms with Crippen molar-refractivity contribution in [2.75, 3.05) is 5.75 Å². The SMILES string of the molecule is CC(C)(C)c1cc(S[C@@H]2CCCC[C@H]2SCC(=O)NCc2ccncc2)cc(C(C)(C)C)c1. The Morgan fingerprint density at radius 1 is 0.939 bits per heavy atom. The maximum atomic E-state index is 12.5. The van der Waals surface area contributed by atoms with Gasteiger partial charge in [0.25, 0.3) is 0 Å². The molecular formula is C28H40N2OS2. The lowest BCUT2D eigenvalue weighted by Crippen LogP contribution is -2.29. The van der Waals surface area contributed by atoms with E-state index in [9.17, 15) is 4.79 Å². The van der Waals surface area contributed by atoms with E-state index in [-0.39, 0.29) is 16.7 Å². The Bertz CT molecular complexity index is 883. The maximum absolute atomic E-state index is 12.5. The molecule has 0 bridgehead atoms. The monoisotopic (exact) mass is 484 g/mol. The molecule has 1 aromatic heterocycles. The van der Waals surface area contributed by atoms with Gasteiger partial charge in [-0.05, 0) is 64.6 Å². The molecule has 0 aliphatic heterocycles. The number of nitrogens with one attached hydrogen (secondary N) is 1. The van der Waals surface area contributed by atoms with Crippen LogP contribution in [-0.4, -0.2) is 27.1 Å². The fourth-order valence-corrected chi connectivity index (χ4v) is 6.90. The van der Waals surface area contributed by atoms with Crippen LogP contribution >= 0.6 is 23.5 Å². The average Bonchev–Trinajstić information content (AvgIpc) is 2.76. The molecule has 1 aliphatic rings. The smallest absolute Gasteiger partial charge is 0.230 e. The number of rotatable bonds is 7. The van der Waals surface area contributed by atoms with Gasteiger partial charge in [0, 0.05) is 34.3 Å². The minimum Gasteiger partial charge on any atom is -0.351 e. The van der Waals surface area contributed by atoms with E-state index in [2.05, 4.69) is 70.0 Å². The van der Waals surface area contributed by atoms with E-state index in [0.717, 1.165) is 5.56 Å². The first-order valence-corrected chi connectivity index (χ1v) is 14.0. The fourth-order valence-electron chi connectivity index (χ4n) is 4.03. The molecule has 180 valence electrons. The van der Waals surface area contributed by atoms with E-state index < -0.39 is 0 Å². The molecule has 2 atom stereocenters. The third-order valence-electron chi connectivity index (χ3n) is 6.24. The van der Waals surface area contributed by atoms with Crippen LogP contribution < -0.4 is 5.32 Å². The highest BCUT2D eigenvalue weighted by molar-refractivity contribution is 8.04. The second-order valence-electron chi connectivity index (χ2n) is 11.2. The number of pyridine rings is 1. The zero-order valence-corrected chi connectivity index (χ0v) is 22.7. The Morgan fingerprint density at radius 3 is 2.09 bits per heavy atom. The van der Waals surface area contributed by atoms with Crippen molar-refractivity contribution in [3.05, 3.63) is 59.4 Å². The summed E-state index contributed by atoms with van der Waals surface area (Å²) in [4.78, 5) is 17.9. The van der Waals surface area contributed by atoms with Gasteiger partial charge in [-0.3, -0.25) is 9.78 Å². The second-order valence-corrected chi connectivity index (χ2v) is 13.7. The molecule has 3 nitrogen and oxygen atoms in total. The molecule has 5 heteroatoms. The summed E-state index contributed by atoms with van der Waals surface area (Å²) >= 11 is 3.88. The van der Waals surface area contributed by atoms with Crippen LogP contribution in [0.3, 0.4) is 0 Å². The van der Waals surface area contributed by atoms with Gasteiger partial charge in [0.05, 0.1) is 5.75 Å². The van der Waals surface area contributed by atoms with Gasteiger partial charge in [-0.25, -0.2) is 0 Å². The van der Waals surface area contributed by atoms with Crippen LogP contribution in [0.25, 0.3) is 0 Å². The summed E-state index contributed by atoms with van der Waals surface area (Å²) in [5.74, 6) is 0.651. The fraction of sp³-hybridized carbons (Fsp3) is 0.571. The molecule has 0 saturated heterocycles. The van der Waals surface area contributed by atoms with Crippen molar-refractivity contribution >= 4 is 29.4 Å². The van der Waals surface area contributed by atoms with E-state index in [0.29, 0.717) is 22.8 Å². The lowest BCUT2D eigenvalue weighted by Gasteiger charge is -2.32. The van der Waals surface area contributed by atoms with Crippen LogP contribution in [0.2, 0.25) is 0 Å². The molecule has 0 radical (unpaired) electrons. The van der Waals surface area contributed by atoms with Crippen LogP contribution in [0.15, 0.2) is 47.6 Å². The summed E-state index contributed by atoms with van der Waals surface area (Å²) in [5.41, 5.74) is 4.16. The molecule has 1 amide bonds. The largest absolute Gasteiger partial charge is 0.351 e. The molecule has 1 N–H and O–H groups in total. The minimum absolute atomic E-state index is 0.121. The molecule has 0 unspecified atom stereocenters. The first kappa shape index (κ1) is 26.2. The van der Waals surface area contributed by atoms with Crippen molar-refractivity contribution in [3.63, 3.8) is 0 Å². The van der Waals surface area contributed by atoms with Crippen LogP contribution in [0.4, 0.5) is 0 Å². The standard InChI is InChI=1S/C28H40N2OS2/c1-27(2,3)21-15-22(28(4,5)6)17-23(16-21)33-25-10-8-7-9-24(25)32-19-26(31)30-18-20-11-13-29-14-12-20/h11-17,24-25H,7-10,18-19H2,1-6H3,(H,30,31)/t24-,25-/m1/s1. The Kier molecular flexibility index (Phi) is 8.96. The average molecular weight is 485 g/mol. The first-order valence-electron chi connectivity index (χ1n) is 12.1. The van der Waals surface area contributed by atoms with Crippen molar-refractivity contribution < 1.29 is 4.79 Å². The van der Waals surface area contributed by atoms with Crippen LogP contribution in [-0.2, 0) is 22.2 Å². The number of carbonyl (C=O) groups excluding carboxylic acids is 1. The molecule has 33 heavy (non-hydrogen) atoms. The zero-order valence-electron chi connectivity index (χ0n) is 21.1. The lowest BCUT2D eigenvalue weighted by molar-refractivity contribution is -0.118. The number of thioether (sulfide) groups is 2. The summed E-state index contributed by atoms with van der Waals surface area (Å²) in [7, 11) is 0. The normalized spacial score (nSPS) is 19.3. The zero-order chi connectivity index (χ0) is 24.1. The molecule has 1 saturated carbocycles. The molecule has 1 heterocycles. The maximum Gasteiger partial charge on any atom is 0.230 e. The van der Waals surface area contributed by atoms with Gasteiger partial charge in [0.2, 0.25) is 5.91 Å². The van der Waals surface area contributed by atoms with E-state index in [1.54, 1.807) is 12.4 Å². The number of amides is 1. The molecular weight excluding hydrogens is 444 g/mol. The third-order valence-corrected chi connectivity index (χ3v) is 9.20. The first-order chi connectivity index (χ1) is 15.5. The quantitative estimate of drug-likeness (QED) is 0.454. The van der Waals surface area contributed by atoms with Crippen molar-refractivity contribution in [2.45, 2.75) is 100.0 Å². The highest BCUT2D eigenvalue weighted by atomic mass is 32.2. The number of hydrogen-bond acceptors (Lipinski definition) is 4. The van der Waals surface area contributed by atoms with Gasteiger partial charge >= 0.3 is 0 Å². The minimum atomic E-state index is 0.121. The molecule has 1 aliphatic carbocycles. The van der Waals surface area contributed by atoms with Crippen LogP contribution in [0.5, 0.6) is 0 Å². The molecule has 3 rings (SSSR count). The Morgan fingerprint density at radius 2 is 1.52 bits per heavy atom. The Hall–Kier alpha value is -1.46. The van der Waals surface area contributed by atoms with E-state index >= 15 is 0 Å². The van der Waals surface area contributed by atoms with Gasteiger partial charge in [-0.1, -0.05) is 60.5 Å². The van der Waals surface area contributed by atoms with E-state index in [4.69, 9.17) is 0 Å². The second kappa shape index (κ2) is 11.3.